The summed E-state index contributed by atoms with van der Waals surface area (Å²) in [6.07, 6.45) is 3.41. The van der Waals surface area contributed by atoms with Gasteiger partial charge >= 0.3 is 6.41 Å². The molecule has 1 amide bonds. The lowest BCUT2D eigenvalue weighted by Crippen LogP contribution is -2.26. The summed E-state index contributed by atoms with van der Waals surface area (Å²) in [5, 5.41) is 2.46. The van der Waals surface area contributed by atoms with Crippen molar-refractivity contribution < 1.29 is 4.79 Å². The summed E-state index contributed by atoms with van der Waals surface area (Å²) >= 11 is 0. The van der Waals surface area contributed by atoms with Crippen molar-refractivity contribution in [3.8, 4) is 0 Å². The molecule has 0 aromatic rings. The van der Waals surface area contributed by atoms with Crippen LogP contribution in [0.1, 0.15) is 13.8 Å². The second-order valence-corrected chi connectivity index (χ2v) is 2.65. The van der Waals surface area contributed by atoms with E-state index >= 15 is 0 Å². The Hall–Kier alpha value is -0.790. The van der Waals surface area contributed by atoms with Crippen molar-refractivity contribution in [2.75, 3.05) is 6.54 Å². The predicted octanol–water partition coefficient (Wildman–Crippen LogP) is 0.855. The van der Waals surface area contributed by atoms with Gasteiger partial charge in [0.05, 0.1) is 0 Å². The molecule has 0 aliphatic heterocycles. The van der Waals surface area contributed by atoms with Crippen LogP contribution in [-0.4, -0.2) is 13.0 Å². The number of amides is 1. The minimum absolute atomic E-state index is 0.0165. The highest BCUT2D eigenvalue weighted by Crippen LogP contribution is 2.12. The Morgan fingerprint density at radius 3 is 2.67 bits per heavy atom. The Morgan fingerprint density at radius 2 is 2.33 bits per heavy atom. The van der Waals surface area contributed by atoms with E-state index in [1.165, 1.54) is 0 Å². The molecule has 0 saturated carbocycles. The molecule has 2 heteroatoms. The van der Waals surface area contributed by atoms with Gasteiger partial charge in [-0.05, 0) is 5.41 Å². The van der Waals surface area contributed by atoms with Crippen LogP contribution < -0.4 is 5.32 Å². The largest absolute Gasteiger partial charge is 0.347 e. The number of nitrogens with one attached hydrogen (secondary N) is 1. The summed E-state index contributed by atoms with van der Waals surface area (Å²) in [4.78, 5) is 9.70. The van der Waals surface area contributed by atoms with E-state index in [0.29, 0.717) is 6.54 Å². The summed E-state index contributed by atoms with van der Waals surface area (Å²) in [7, 11) is 0. The van der Waals surface area contributed by atoms with E-state index < -0.39 is 0 Å². The summed E-state index contributed by atoms with van der Waals surface area (Å²) in [6, 6.07) is 0. The fourth-order valence-corrected chi connectivity index (χ4v) is 0.336. The molecule has 0 fully saturated rings. The van der Waals surface area contributed by atoms with Gasteiger partial charge in [0.1, 0.15) is 0 Å². The number of hydrogen-bond acceptors (Lipinski definition) is 1. The number of carbonyl (C=O) groups excluding carboxylic acids is 1. The molecule has 0 rings (SSSR count). The average Bonchev–Trinajstić information content (AvgIpc) is 1.84. The summed E-state index contributed by atoms with van der Waals surface area (Å²) in [5.41, 5.74) is -0.0165. The lowest BCUT2D eigenvalue weighted by Gasteiger charge is -2.17. The maximum absolute atomic E-state index is 9.70. The third-order valence-corrected chi connectivity index (χ3v) is 1.17. The molecule has 0 aliphatic rings. The molecule has 0 atom stereocenters. The molecule has 0 aromatic heterocycles. The molecule has 0 spiro atoms. The standard InChI is InChI=1S/C7H12NO/c1-4-7(2,3)5-8-6-9/h4H,1,5H2,2-3H3,(H,8,9). The fraction of sp³-hybridized carbons (Fsp3) is 0.571. The van der Waals surface area contributed by atoms with Crippen molar-refractivity contribution in [1.29, 1.82) is 0 Å². The molecule has 9 heavy (non-hydrogen) atoms. The highest BCUT2D eigenvalue weighted by molar-refractivity contribution is 5.47. The third kappa shape index (κ3) is 3.76. The van der Waals surface area contributed by atoms with Crippen LogP contribution in [0.15, 0.2) is 12.7 Å². The van der Waals surface area contributed by atoms with E-state index in [9.17, 15) is 4.79 Å². The van der Waals surface area contributed by atoms with Crippen molar-refractivity contribution in [2.24, 2.45) is 5.41 Å². The molecule has 51 valence electrons. The molecule has 0 bridgehead atoms. The fourth-order valence-electron chi connectivity index (χ4n) is 0.336. The van der Waals surface area contributed by atoms with Crippen LogP contribution in [0.2, 0.25) is 0 Å². The first-order valence-electron chi connectivity index (χ1n) is 2.86. The normalized spacial score (nSPS) is 10.4. The zero-order valence-electron chi connectivity index (χ0n) is 5.90. The van der Waals surface area contributed by atoms with Crippen molar-refractivity contribution in [3.63, 3.8) is 0 Å². The highest BCUT2D eigenvalue weighted by Gasteiger charge is 2.10. The van der Waals surface area contributed by atoms with Crippen molar-refractivity contribution in [3.05, 3.63) is 12.7 Å². The minimum Gasteiger partial charge on any atom is -0.347 e. The number of hydrogen-bond donors (Lipinski definition) is 1. The first-order valence-corrected chi connectivity index (χ1v) is 2.86. The van der Waals surface area contributed by atoms with Crippen LogP contribution in [-0.2, 0) is 4.79 Å². The van der Waals surface area contributed by atoms with Crippen molar-refractivity contribution in [1.82, 2.24) is 5.32 Å². The second kappa shape index (κ2) is 3.28. The molecule has 0 unspecified atom stereocenters. The highest BCUT2D eigenvalue weighted by atomic mass is 16.1. The molecule has 0 heterocycles. The Morgan fingerprint density at radius 1 is 1.78 bits per heavy atom. The quantitative estimate of drug-likeness (QED) is 0.439. The van der Waals surface area contributed by atoms with Crippen molar-refractivity contribution in [2.45, 2.75) is 13.8 Å². The van der Waals surface area contributed by atoms with Crippen LogP contribution in [0.25, 0.3) is 0 Å². The summed E-state index contributed by atoms with van der Waals surface area (Å²) < 4.78 is 0. The Bertz CT molecular complexity index is 107. The first kappa shape index (κ1) is 8.21. The molecule has 2 nitrogen and oxygen atoms in total. The van der Waals surface area contributed by atoms with Crippen molar-refractivity contribution >= 4 is 6.41 Å². The van der Waals surface area contributed by atoms with Crippen LogP contribution in [0.5, 0.6) is 0 Å². The van der Waals surface area contributed by atoms with Crippen LogP contribution in [0.4, 0.5) is 0 Å². The zero-order chi connectivity index (χ0) is 7.33. The SMILES string of the molecule is C=CC(C)(C)CN[C]=O. The Balaban J connectivity index is 3.57. The molecular formula is C7H12NO. The minimum atomic E-state index is -0.0165. The van der Waals surface area contributed by atoms with Gasteiger partial charge in [0.2, 0.25) is 0 Å². The van der Waals surface area contributed by atoms with E-state index in [-0.39, 0.29) is 5.41 Å². The Labute approximate surface area is 56.0 Å². The van der Waals surface area contributed by atoms with E-state index in [0.717, 1.165) is 0 Å². The molecule has 1 radical (unpaired) electrons. The molecule has 0 aromatic carbocycles. The van der Waals surface area contributed by atoms with Gasteiger partial charge in [0.15, 0.2) is 0 Å². The smallest absolute Gasteiger partial charge is 0.309 e. The van der Waals surface area contributed by atoms with Gasteiger partial charge in [-0.25, -0.2) is 0 Å². The maximum Gasteiger partial charge on any atom is 0.309 e. The van der Waals surface area contributed by atoms with Crippen LogP contribution in [0.3, 0.4) is 0 Å². The topological polar surface area (TPSA) is 29.1 Å². The van der Waals surface area contributed by atoms with Gasteiger partial charge in [-0.2, -0.15) is 0 Å². The average molecular weight is 126 g/mol. The maximum atomic E-state index is 9.70. The third-order valence-electron chi connectivity index (χ3n) is 1.17. The Kier molecular flexibility index (Phi) is 2.99. The summed E-state index contributed by atoms with van der Waals surface area (Å²) in [5.74, 6) is 0. The van der Waals surface area contributed by atoms with E-state index in [1.807, 2.05) is 13.8 Å². The lowest BCUT2D eigenvalue weighted by molar-refractivity contribution is 0.457. The molecule has 1 N–H and O–H groups in total. The molecular weight excluding hydrogens is 114 g/mol. The number of rotatable bonds is 4. The first-order chi connectivity index (χ1) is 4.12. The van der Waals surface area contributed by atoms with E-state index in [4.69, 9.17) is 0 Å². The van der Waals surface area contributed by atoms with Gasteiger partial charge in [0.25, 0.3) is 0 Å². The monoisotopic (exact) mass is 126 g/mol. The predicted molar refractivity (Wildman–Crippen MR) is 37.7 cm³/mol. The van der Waals surface area contributed by atoms with E-state index in [2.05, 4.69) is 11.9 Å². The summed E-state index contributed by atoms with van der Waals surface area (Å²) in [6.45, 7) is 8.19. The van der Waals surface area contributed by atoms with Gasteiger partial charge in [0, 0.05) is 6.54 Å². The van der Waals surface area contributed by atoms with Gasteiger partial charge < -0.3 is 5.32 Å². The van der Waals surface area contributed by atoms with Gasteiger partial charge in [-0.15, -0.1) is 6.58 Å². The van der Waals surface area contributed by atoms with Crippen LogP contribution in [0, 0.1) is 5.41 Å². The second-order valence-electron chi connectivity index (χ2n) is 2.65. The van der Waals surface area contributed by atoms with Crippen LogP contribution >= 0.6 is 0 Å². The zero-order valence-corrected chi connectivity index (χ0v) is 5.90. The van der Waals surface area contributed by atoms with Gasteiger partial charge in [-0.3, -0.25) is 4.79 Å². The van der Waals surface area contributed by atoms with Gasteiger partial charge in [-0.1, -0.05) is 19.9 Å². The lowest BCUT2D eigenvalue weighted by atomic mass is 9.94. The van der Waals surface area contributed by atoms with E-state index in [1.54, 1.807) is 12.5 Å². The molecule has 0 saturated heterocycles. The molecule has 0 aliphatic carbocycles.